The van der Waals surface area contributed by atoms with Gasteiger partial charge in [0.05, 0.1) is 0 Å². The van der Waals surface area contributed by atoms with E-state index in [-0.39, 0.29) is 12.4 Å². The van der Waals surface area contributed by atoms with Crippen molar-refractivity contribution in [3.8, 4) is 5.75 Å². The summed E-state index contributed by atoms with van der Waals surface area (Å²) in [5.41, 5.74) is 5.40. The van der Waals surface area contributed by atoms with Crippen LogP contribution in [-0.2, 0) is 4.79 Å². The largest absolute Gasteiger partial charge is 0.483 e. The fourth-order valence-electron chi connectivity index (χ4n) is 1.52. The Labute approximate surface area is 129 Å². The molecule has 0 spiro atoms. The standard InChI is InChI=1S/C14H13BrN2O4/c1-9-4-2-3-5-10(9)20-8-13(18)16-17-14(19)11-6-7-12(15)21-11/h2-7H,8H2,1H3,(H,16,18)(H,17,19). The number of nitrogens with one attached hydrogen (secondary N) is 2. The number of rotatable bonds is 4. The lowest BCUT2D eigenvalue weighted by molar-refractivity contribution is -0.123. The van der Waals surface area contributed by atoms with Crippen molar-refractivity contribution in [3.05, 3.63) is 52.4 Å². The number of hydrogen-bond acceptors (Lipinski definition) is 4. The minimum absolute atomic E-state index is 0.0852. The van der Waals surface area contributed by atoms with Gasteiger partial charge in [-0.05, 0) is 46.6 Å². The molecule has 7 heteroatoms. The summed E-state index contributed by atoms with van der Waals surface area (Å²) in [5, 5.41) is 0. The Morgan fingerprint density at radius 1 is 1.19 bits per heavy atom. The van der Waals surface area contributed by atoms with Crippen molar-refractivity contribution in [2.45, 2.75) is 6.92 Å². The Morgan fingerprint density at radius 2 is 1.95 bits per heavy atom. The SMILES string of the molecule is Cc1ccccc1OCC(=O)NNC(=O)c1ccc(Br)o1. The van der Waals surface area contributed by atoms with Crippen LogP contribution in [0.1, 0.15) is 16.1 Å². The van der Waals surface area contributed by atoms with Gasteiger partial charge in [0, 0.05) is 0 Å². The molecule has 1 aromatic heterocycles. The monoisotopic (exact) mass is 352 g/mol. The number of carbonyl (C=O) groups excluding carboxylic acids is 2. The first kappa shape index (κ1) is 15.1. The molecule has 21 heavy (non-hydrogen) atoms. The molecule has 6 nitrogen and oxygen atoms in total. The molecule has 0 radical (unpaired) electrons. The zero-order valence-corrected chi connectivity index (χ0v) is 12.8. The number of carbonyl (C=O) groups is 2. The molecular weight excluding hydrogens is 340 g/mol. The van der Waals surface area contributed by atoms with Crippen LogP contribution in [0.25, 0.3) is 0 Å². The van der Waals surface area contributed by atoms with Gasteiger partial charge in [0.25, 0.3) is 5.91 Å². The van der Waals surface area contributed by atoms with Crippen molar-refractivity contribution < 1.29 is 18.7 Å². The Bertz CT molecular complexity index is 654. The van der Waals surface area contributed by atoms with Crippen LogP contribution < -0.4 is 15.6 Å². The second-order valence-corrected chi connectivity index (χ2v) is 4.94. The van der Waals surface area contributed by atoms with E-state index in [0.29, 0.717) is 10.4 Å². The van der Waals surface area contributed by atoms with Crippen LogP contribution in [0.5, 0.6) is 5.75 Å². The smallest absolute Gasteiger partial charge is 0.305 e. The summed E-state index contributed by atoms with van der Waals surface area (Å²) in [5.74, 6) is -0.321. The lowest BCUT2D eigenvalue weighted by Crippen LogP contribution is -2.43. The molecule has 110 valence electrons. The first-order valence-corrected chi connectivity index (χ1v) is 6.88. The van der Waals surface area contributed by atoms with E-state index < -0.39 is 11.8 Å². The summed E-state index contributed by atoms with van der Waals surface area (Å²) >= 11 is 3.08. The Hall–Kier alpha value is -2.28. The highest BCUT2D eigenvalue weighted by atomic mass is 79.9. The van der Waals surface area contributed by atoms with Crippen LogP contribution in [0, 0.1) is 6.92 Å². The number of benzene rings is 1. The molecule has 2 rings (SSSR count). The fraction of sp³-hybridized carbons (Fsp3) is 0.143. The van der Waals surface area contributed by atoms with Crippen LogP contribution in [-0.4, -0.2) is 18.4 Å². The van der Waals surface area contributed by atoms with Gasteiger partial charge in [-0.1, -0.05) is 18.2 Å². The predicted octanol–water partition coefficient (Wildman–Crippen LogP) is 2.19. The average molecular weight is 353 g/mol. The summed E-state index contributed by atoms with van der Waals surface area (Å²) < 4.78 is 10.8. The lowest BCUT2D eigenvalue weighted by atomic mass is 10.2. The summed E-state index contributed by atoms with van der Waals surface area (Å²) in [6, 6.07) is 10.4. The molecule has 0 unspecified atom stereocenters. The maximum absolute atomic E-state index is 11.6. The van der Waals surface area contributed by atoms with Crippen molar-refractivity contribution in [1.29, 1.82) is 0 Å². The van der Waals surface area contributed by atoms with E-state index in [9.17, 15) is 9.59 Å². The summed E-state index contributed by atoms with van der Waals surface area (Å²) in [4.78, 5) is 23.2. The molecule has 0 fully saturated rings. The third-order valence-electron chi connectivity index (χ3n) is 2.56. The third kappa shape index (κ3) is 4.35. The second-order valence-electron chi connectivity index (χ2n) is 4.16. The first-order chi connectivity index (χ1) is 10.1. The minimum Gasteiger partial charge on any atom is -0.483 e. The van der Waals surface area contributed by atoms with Crippen molar-refractivity contribution in [3.63, 3.8) is 0 Å². The highest BCUT2D eigenvalue weighted by molar-refractivity contribution is 9.10. The molecule has 2 amide bonds. The molecular formula is C14H13BrN2O4. The van der Waals surface area contributed by atoms with Crippen LogP contribution in [0.3, 0.4) is 0 Å². The van der Waals surface area contributed by atoms with Gasteiger partial charge in [-0.2, -0.15) is 0 Å². The minimum atomic E-state index is -0.551. The predicted molar refractivity (Wildman–Crippen MR) is 78.7 cm³/mol. The van der Waals surface area contributed by atoms with E-state index in [1.165, 1.54) is 6.07 Å². The van der Waals surface area contributed by atoms with E-state index in [1.807, 2.05) is 25.1 Å². The van der Waals surface area contributed by atoms with Gasteiger partial charge in [0.15, 0.2) is 17.0 Å². The molecule has 0 aliphatic rings. The van der Waals surface area contributed by atoms with Gasteiger partial charge in [0.2, 0.25) is 0 Å². The van der Waals surface area contributed by atoms with E-state index in [2.05, 4.69) is 26.8 Å². The molecule has 2 N–H and O–H groups in total. The Kier molecular flexibility index (Phi) is 4.99. The van der Waals surface area contributed by atoms with Crippen LogP contribution in [0.15, 0.2) is 45.5 Å². The molecule has 0 saturated heterocycles. The van der Waals surface area contributed by atoms with Gasteiger partial charge < -0.3 is 9.15 Å². The molecule has 1 heterocycles. The second kappa shape index (κ2) is 6.94. The first-order valence-electron chi connectivity index (χ1n) is 6.09. The third-order valence-corrected chi connectivity index (χ3v) is 2.99. The molecule has 1 aromatic carbocycles. The van der Waals surface area contributed by atoms with E-state index in [4.69, 9.17) is 9.15 Å². The van der Waals surface area contributed by atoms with E-state index >= 15 is 0 Å². The molecule has 0 bridgehead atoms. The number of para-hydroxylation sites is 1. The van der Waals surface area contributed by atoms with Crippen molar-refractivity contribution in [1.82, 2.24) is 10.9 Å². The number of aryl methyl sites for hydroxylation is 1. The highest BCUT2D eigenvalue weighted by Crippen LogP contribution is 2.15. The van der Waals surface area contributed by atoms with Gasteiger partial charge >= 0.3 is 5.91 Å². The number of halogens is 1. The van der Waals surface area contributed by atoms with Crippen LogP contribution >= 0.6 is 15.9 Å². The number of ether oxygens (including phenoxy) is 1. The number of hydrazine groups is 1. The van der Waals surface area contributed by atoms with Crippen LogP contribution in [0.4, 0.5) is 0 Å². The van der Waals surface area contributed by atoms with E-state index in [1.54, 1.807) is 12.1 Å². The topological polar surface area (TPSA) is 80.6 Å². The quantitative estimate of drug-likeness (QED) is 0.826. The van der Waals surface area contributed by atoms with Gasteiger partial charge in [0.1, 0.15) is 5.75 Å². The maximum atomic E-state index is 11.6. The Morgan fingerprint density at radius 3 is 2.62 bits per heavy atom. The highest BCUT2D eigenvalue weighted by Gasteiger charge is 2.11. The zero-order valence-electron chi connectivity index (χ0n) is 11.2. The van der Waals surface area contributed by atoms with Crippen LogP contribution in [0.2, 0.25) is 0 Å². The van der Waals surface area contributed by atoms with Gasteiger partial charge in [-0.15, -0.1) is 0 Å². The van der Waals surface area contributed by atoms with Crippen molar-refractivity contribution in [2.75, 3.05) is 6.61 Å². The average Bonchev–Trinajstić information content (AvgIpc) is 2.90. The van der Waals surface area contributed by atoms with Gasteiger partial charge in [-0.3, -0.25) is 20.4 Å². The lowest BCUT2D eigenvalue weighted by Gasteiger charge is -2.09. The number of amides is 2. The summed E-state index contributed by atoms with van der Waals surface area (Å²) in [6.45, 7) is 1.68. The summed E-state index contributed by atoms with van der Waals surface area (Å²) in [7, 11) is 0. The number of hydrogen-bond donors (Lipinski definition) is 2. The molecule has 0 saturated carbocycles. The van der Waals surface area contributed by atoms with Crippen molar-refractivity contribution in [2.24, 2.45) is 0 Å². The fourth-order valence-corrected chi connectivity index (χ4v) is 1.83. The number of furan rings is 1. The molecule has 0 atom stereocenters. The molecule has 2 aromatic rings. The molecule has 0 aliphatic carbocycles. The van der Waals surface area contributed by atoms with Crippen molar-refractivity contribution >= 4 is 27.7 Å². The van der Waals surface area contributed by atoms with E-state index in [0.717, 1.165) is 5.56 Å². The maximum Gasteiger partial charge on any atom is 0.305 e. The van der Waals surface area contributed by atoms with Gasteiger partial charge in [-0.25, -0.2) is 0 Å². The molecule has 0 aliphatic heterocycles. The summed E-state index contributed by atoms with van der Waals surface area (Å²) in [6.07, 6.45) is 0. The Balaban J connectivity index is 1.78. The zero-order chi connectivity index (χ0) is 15.2. The normalized spacial score (nSPS) is 10.0.